The summed E-state index contributed by atoms with van der Waals surface area (Å²) in [6, 6.07) is 6.18. The number of hydrogen-bond acceptors (Lipinski definition) is 4. The van der Waals surface area contributed by atoms with Gasteiger partial charge in [0.1, 0.15) is 6.61 Å². The summed E-state index contributed by atoms with van der Waals surface area (Å²) >= 11 is 0. The van der Waals surface area contributed by atoms with Crippen LogP contribution in [-0.2, 0) is 19.4 Å². The van der Waals surface area contributed by atoms with Crippen LogP contribution in [0.1, 0.15) is 5.56 Å². The van der Waals surface area contributed by atoms with E-state index in [1.807, 2.05) is 0 Å². The summed E-state index contributed by atoms with van der Waals surface area (Å²) in [7, 11) is -3.19. The molecule has 0 N–H and O–H groups in total. The molecule has 4 nitrogen and oxygen atoms in total. The second-order valence-corrected chi connectivity index (χ2v) is 5.53. The van der Waals surface area contributed by atoms with Crippen molar-refractivity contribution in [3.63, 3.8) is 0 Å². The molecular formula is C11H10O4S. The van der Waals surface area contributed by atoms with E-state index >= 15 is 0 Å². The minimum absolute atomic E-state index is 0.239. The lowest BCUT2D eigenvalue weighted by atomic mass is 10.1. The molecule has 0 spiro atoms. The van der Waals surface area contributed by atoms with Crippen LogP contribution in [0.4, 0.5) is 0 Å². The molecule has 0 radical (unpaired) electrons. The molecule has 1 aliphatic rings. The minimum Gasteiger partial charge on any atom is -0.458 e. The highest BCUT2D eigenvalue weighted by Crippen LogP contribution is 2.21. The molecule has 0 saturated carbocycles. The van der Waals surface area contributed by atoms with Gasteiger partial charge < -0.3 is 4.74 Å². The molecule has 2 rings (SSSR count). The summed E-state index contributed by atoms with van der Waals surface area (Å²) in [6.45, 7) is 0.280. The number of hydrogen-bond donors (Lipinski definition) is 0. The van der Waals surface area contributed by atoms with Crippen LogP contribution < -0.4 is 0 Å². The third-order valence-corrected chi connectivity index (χ3v) is 3.44. The average molecular weight is 238 g/mol. The van der Waals surface area contributed by atoms with E-state index in [9.17, 15) is 13.2 Å². The standard InChI is InChI=1S/C11H10O4S/c1-16(13,14)9-4-2-8(3-5-9)10-6-7-15-11(10)12/h2-6H,7H2,1H3. The van der Waals surface area contributed by atoms with Gasteiger partial charge in [-0.15, -0.1) is 0 Å². The monoisotopic (exact) mass is 238 g/mol. The number of carbonyl (C=O) groups is 1. The highest BCUT2D eigenvalue weighted by atomic mass is 32.2. The van der Waals surface area contributed by atoms with E-state index in [4.69, 9.17) is 4.74 Å². The highest BCUT2D eigenvalue weighted by Gasteiger charge is 2.18. The van der Waals surface area contributed by atoms with Gasteiger partial charge in [-0.1, -0.05) is 12.1 Å². The molecule has 0 amide bonds. The fourth-order valence-electron chi connectivity index (χ4n) is 1.48. The summed E-state index contributed by atoms with van der Waals surface area (Å²) < 4.78 is 27.2. The van der Waals surface area contributed by atoms with Crippen molar-refractivity contribution in [1.29, 1.82) is 0 Å². The summed E-state index contributed by atoms with van der Waals surface area (Å²) in [5, 5.41) is 0. The molecule has 0 fully saturated rings. The molecule has 0 bridgehead atoms. The Morgan fingerprint density at radius 2 is 1.81 bits per heavy atom. The quantitative estimate of drug-likeness (QED) is 0.722. The van der Waals surface area contributed by atoms with Gasteiger partial charge >= 0.3 is 5.97 Å². The maximum atomic E-state index is 11.2. The Kier molecular flexibility index (Phi) is 2.55. The third-order valence-electron chi connectivity index (χ3n) is 2.32. The van der Waals surface area contributed by atoms with Gasteiger partial charge in [-0.25, -0.2) is 13.2 Å². The molecule has 1 heterocycles. The maximum absolute atomic E-state index is 11.2. The van der Waals surface area contributed by atoms with Gasteiger partial charge in [0.05, 0.1) is 10.5 Å². The van der Waals surface area contributed by atoms with Crippen molar-refractivity contribution in [3.8, 4) is 0 Å². The summed E-state index contributed by atoms with van der Waals surface area (Å²) in [4.78, 5) is 11.5. The lowest BCUT2D eigenvalue weighted by Crippen LogP contribution is -2.00. The molecule has 84 valence electrons. The Morgan fingerprint density at radius 1 is 1.19 bits per heavy atom. The molecule has 0 atom stereocenters. The maximum Gasteiger partial charge on any atom is 0.338 e. The largest absolute Gasteiger partial charge is 0.458 e. The molecule has 0 saturated heterocycles. The van der Waals surface area contributed by atoms with Crippen LogP contribution >= 0.6 is 0 Å². The number of esters is 1. The predicted molar refractivity (Wildman–Crippen MR) is 58.5 cm³/mol. The Hall–Kier alpha value is -1.62. The molecule has 1 aromatic carbocycles. The van der Waals surface area contributed by atoms with Crippen LogP contribution in [0.15, 0.2) is 35.2 Å². The number of rotatable bonds is 2. The molecule has 0 aromatic heterocycles. The van der Waals surface area contributed by atoms with Crippen LogP contribution in [-0.4, -0.2) is 27.2 Å². The van der Waals surface area contributed by atoms with Gasteiger partial charge in [-0.05, 0) is 23.8 Å². The van der Waals surface area contributed by atoms with E-state index in [0.29, 0.717) is 11.1 Å². The smallest absolute Gasteiger partial charge is 0.338 e. The van der Waals surface area contributed by atoms with Crippen molar-refractivity contribution in [2.45, 2.75) is 4.90 Å². The van der Waals surface area contributed by atoms with Crippen LogP contribution in [0.3, 0.4) is 0 Å². The van der Waals surface area contributed by atoms with Gasteiger partial charge in [0.15, 0.2) is 9.84 Å². The minimum atomic E-state index is -3.19. The van der Waals surface area contributed by atoms with Crippen molar-refractivity contribution in [1.82, 2.24) is 0 Å². The Labute approximate surface area is 93.5 Å². The summed E-state index contributed by atoms with van der Waals surface area (Å²) in [5.74, 6) is -0.368. The topological polar surface area (TPSA) is 60.4 Å². The third kappa shape index (κ3) is 1.99. The van der Waals surface area contributed by atoms with Gasteiger partial charge in [0.2, 0.25) is 0 Å². The van der Waals surface area contributed by atoms with E-state index < -0.39 is 9.84 Å². The molecule has 16 heavy (non-hydrogen) atoms. The van der Waals surface area contributed by atoms with E-state index in [0.717, 1.165) is 6.26 Å². The van der Waals surface area contributed by atoms with Crippen LogP contribution in [0.25, 0.3) is 5.57 Å². The first-order valence-electron chi connectivity index (χ1n) is 4.66. The first kappa shape index (κ1) is 10.9. The first-order valence-corrected chi connectivity index (χ1v) is 6.55. The second kappa shape index (κ2) is 3.75. The highest BCUT2D eigenvalue weighted by molar-refractivity contribution is 7.90. The lowest BCUT2D eigenvalue weighted by Gasteiger charge is -2.01. The molecule has 0 unspecified atom stereocenters. The number of benzene rings is 1. The SMILES string of the molecule is CS(=O)(=O)c1ccc(C2=CCOC2=O)cc1. The molecule has 1 aromatic rings. The van der Waals surface area contributed by atoms with E-state index in [2.05, 4.69) is 0 Å². The van der Waals surface area contributed by atoms with Gasteiger partial charge in [0.25, 0.3) is 0 Å². The average Bonchev–Trinajstić information content (AvgIpc) is 2.63. The summed E-state index contributed by atoms with van der Waals surface area (Å²) in [5.41, 5.74) is 1.16. The van der Waals surface area contributed by atoms with Crippen LogP contribution in [0.2, 0.25) is 0 Å². The van der Waals surface area contributed by atoms with E-state index in [-0.39, 0.29) is 17.5 Å². The van der Waals surface area contributed by atoms with E-state index in [1.54, 1.807) is 18.2 Å². The number of sulfone groups is 1. The van der Waals surface area contributed by atoms with Crippen molar-refractivity contribution < 1.29 is 17.9 Å². The zero-order valence-corrected chi connectivity index (χ0v) is 9.45. The van der Waals surface area contributed by atoms with Crippen molar-refractivity contribution in [3.05, 3.63) is 35.9 Å². The van der Waals surface area contributed by atoms with Crippen molar-refractivity contribution in [2.75, 3.05) is 12.9 Å². The fraction of sp³-hybridized carbons (Fsp3) is 0.182. The first-order chi connectivity index (χ1) is 7.48. The summed E-state index contributed by atoms with van der Waals surface area (Å²) in [6.07, 6.45) is 2.82. The fourth-order valence-corrected chi connectivity index (χ4v) is 2.11. The van der Waals surface area contributed by atoms with E-state index in [1.165, 1.54) is 12.1 Å². The lowest BCUT2D eigenvalue weighted by molar-refractivity contribution is -0.133. The molecule has 1 aliphatic heterocycles. The Bertz CT molecular complexity index is 552. The van der Waals surface area contributed by atoms with Crippen LogP contribution in [0.5, 0.6) is 0 Å². The Morgan fingerprint density at radius 3 is 2.25 bits per heavy atom. The van der Waals surface area contributed by atoms with Gasteiger partial charge in [-0.3, -0.25) is 0 Å². The number of cyclic esters (lactones) is 1. The predicted octanol–water partition coefficient (Wildman–Crippen LogP) is 1.03. The van der Waals surface area contributed by atoms with Gasteiger partial charge in [0, 0.05) is 6.26 Å². The molecule has 0 aliphatic carbocycles. The Balaban J connectivity index is 2.37. The molecule has 5 heteroatoms. The molecular weight excluding hydrogens is 228 g/mol. The van der Waals surface area contributed by atoms with Crippen LogP contribution in [0, 0.1) is 0 Å². The number of carbonyl (C=O) groups excluding carboxylic acids is 1. The van der Waals surface area contributed by atoms with Crippen molar-refractivity contribution >= 4 is 21.4 Å². The second-order valence-electron chi connectivity index (χ2n) is 3.51. The number of ether oxygens (including phenoxy) is 1. The zero-order valence-electron chi connectivity index (χ0n) is 8.64. The normalized spacial score (nSPS) is 15.8. The van der Waals surface area contributed by atoms with Gasteiger partial charge in [-0.2, -0.15) is 0 Å². The van der Waals surface area contributed by atoms with Crippen molar-refractivity contribution in [2.24, 2.45) is 0 Å². The zero-order chi connectivity index (χ0) is 11.8.